The van der Waals surface area contributed by atoms with Gasteiger partial charge in [-0.2, -0.15) is 0 Å². The number of aliphatic hydroxyl groups excluding tert-OH is 9. The van der Waals surface area contributed by atoms with E-state index in [9.17, 15) is 65.4 Å². The van der Waals surface area contributed by atoms with Crippen molar-refractivity contribution in [2.45, 2.75) is 118 Å². The summed E-state index contributed by atoms with van der Waals surface area (Å²) in [4.78, 5) is 36.0. The van der Waals surface area contributed by atoms with Gasteiger partial charge < -0.3 is 101 Å². The second kappa shape index (κ2) is 19.7. The van der Waals surface area contributed by atoms with Crippen molar-refractivity contribution in [2.24, 2.45) is 5.73 Å². The number of nitrogens with one attached hydrogen (secondary N) is 2. The fourth-order valence-corrected chi connectivity index (χ4v) is 5.76. The summed E-state index contributed by atoms with van der Waals surface area (Å²) in [6.45, 7) is -0.646. The predicted molar refractivity (Wildman–Crippen MR) is 152 cm³/mol. The zero-order chi connectivity index (χ0) is 36.8. The Morgan fingerprint density at radius 1 is 0.920 bits per heavy atom. The molecule has 0 bridgehead atoms. The molecule has 0 spiro atoms. The zero-order valence-electron chi connectivity index (χ0n) is 27.6. The molecule has 0 aromatic carbocycles. The van der Waals surface area contributed by atoms with E-state index in [0.29, 0.717) is 0 Å². The van der Waals surface area contributed by atoms with E-state index in [2.05, 4.69) is 10.6 Å². The number of hydrogen-bond donors (Lipinski definition) is 12. The Balaban J connectivity index is 0.00000867. The summed E-state index contributed by atoms with van der Waals surface area (Å²) in [5.74, 6) is -6.41. The SMILES string of the molecule is CC(=O)NC1C(OCCN)OC(CO)C(OC2OC(COC3(C(=O)[O-])CC(O)C(NC(C)=O)C([C@H](O)[C@H](O)CO)O3)C(O)C(O)C2O)C1O.[Na+]. The van der Waals surface area contributed by atoms with Crippen molar-refractivity contribution < 1.29 is 123 Å². The van der Waals surface area contributed by atoms with E-state index in [1.807, 2.05) is 0 Å². The summed E-state index contributed by atoms with van der Waals surface area (Å²) in [6.07, 6.45) is -24.4. The third kappa shape index (κ3) is 10.5. The molecule has 284 valence electrons. The van der Waals surface area contributed by atoms with Crippen LogP contribution in [-0.2, 0) is 42.8 Å². The first-order chi connectivity index (χ1) is 23.0. The standard InChI is InChI=1S/C27H47N3O19.Na/c1-9(33)29-15-11(35)5-27(26(42)43,49-23(15)17(37)12(36)6-31)45-8-14-18(38)20(40)21(41)25(47-14)48-22-13(7-32)46-24(44-4-3-28)16(19(22)39)30-10(2)34;/h11-25,31-32,35-41H,3-8,28H2,1-2H3,(H,29,33)(H,30,34)(H,42,43);/q;+1/p-1/t11?,12-,13?,14?,15?,16?,17-,18?,19?,20?,21?,22?,23?,24?,25?,27?;/m1./s1. The molecule has 3 saturated heterocycles. The van der Waals surface area contributed by atoms with Gasteiger partial charge in [-0.25, -0.2) is 0 Å². The fraction of sp³-hybridized carbons (Fsp3) is 0.889. The van der Waals surface area contributed by atoms with Gasteiger partial charge in [-0.05, 0) is 0 Å². The molecule has 23 heteroatoms. The molecule has 0 aliphatic carbocycles. The predicted octanol–water partition coefficient (Wildman–Crippen LogP) is -12.4. The molecule has 14 unspecified atom stereocenters. The van der Waals surface area contributed by atoms with Gasteiger partial charge in [0.25, 0.3) is 0 Å². The first-order valence-corrected chi connectivity index (χ1v) is 15.3. The molecule has 16 atom stereocenters. The Hall–Kier alpha value is -1.23. The number of carboxylic acids is 1. The summed E-state index contributed by atoms with van der Waals surface area (Å²) in [6, 6.07) is -2.81. The molecule has 0 saturated carbocycles. The molecule has 22 nitrogen and oxygen atoms in total. The molecular weight excluding hydrogens is 693 g/mol. The number of amides is 2. The van der Waals surface area contributed by atoms with Crippen molar-refractivity contribution in [1.29, 1.82) is 0 Å². The Labute approximate surface area is 307 Å². The van der Waals surface area contributed by atoms with Crippen LogP contribution in [-0.4, -0.2) is 194 Å². The van der Waals surface area contributed by atoms with Gasteiger partial charge in [0.05, 0.1) is 38.6 Å². The van der Waals surface area contributed by atoms with Gasteiger partial charge in [-0.15, -0.1) is 0 Å². The van der Waals surface area contributed by atoms with Crippen molar-refractivity contribution in [2.75, 3.05) is 33.0 Å². The number of ether oxygens (including phenoxy) is 6. The van der Waals surface area contributed by atoms with E-state index in [-0.39, 0.29) is 42.7 Å². The Bertz CT molecular complexity index is 1110. The van der Waals surface area contributed by atoms with E-state index < -0.39 is 142 Å². The van der Waals surface area contributed by atoms with Gasteiger partial charge in [0.15, 0.2) is 12.6 Å². The van der Waals surface area contributed by atoms with Crippen molar-refractivity contribution in [3.05, 3.63) is 0 Å². The number of carbonyl (C=O) groups excluding carboxylic acids is 3. The van der Waals surface area contributed by atoms with E-state index >= 15 is 0 Å². The number of carboxylic acid groups (broad SMARTS) is 1. The molecule has 3 rings (SSSR count). The van der Waals surface area contributed by atoms with E-state index in [1.165, 1.54) is 0 Å². The number of carbonyl (C=O) groups is 3. The van der Waals surface area contributed by atoms with Gasteiger partial charge in [0, 0.05) is 26.8 Å². The Morgan fingerprint density at radius 2 is 1.52 bits per heavy atom. The van der Waals surface area contributed by atoms with E-state index in [4.69, 9.17) is 34.2 Å². The molecule has 2 amide bonds. The van der Waals surface area contributed by atoms with E-state index in [1.54, 1.807) is 0 Å². The molecular formula is C27H46N3NaO19. The summed E-state index contributed by atoms with van der Waals surface area (Å²) in [5.41, 5.74) is 5.46. The van der Waals surface area contributed by atoms with Crippen LogP contribution in [0.5, 0.6) is 0 Å². The molecule has 0 aromatic heterocycles. The number of aliphatic hydroxyl groups is 9. The summed E-state index contributed by atoms with van der Waals surface area (Å²) >= 11 is 0. The van der Waals surface area contributed by atoms with Gasteiger partial charge in [-0.3, -0.25) is 9.59 Å². The summed E-state index contributed by atoms with van der Waals surface area (Å²) < 4.78 is 33.3. The van der Waals surface area contributed by atoms with Gasteiger partial charge in [-0.1, -0.05) is 0 Å². The van der Waals surface area contributed by atoms with Crippen molar-refractivity contribution in [3.8, 4) is 0 Å². The third-order valence-electron chi connectivity index (χ3n) is 8.24. The molecule has 3 fully saturated rings. The van der Waals surface area contributed by atoms with Crippen LogP contribution in [0, 0.1) is 0 Å². The van der Waals surface area contributed by atoms with Crippen LogP contribution in [0.4, 0.5) is 0 Å². The summed E-state index contributed by atoms with van der Waals surface area (Å²) in [7, 11) is 0. The Morgan fingerprint density at radius 3 is 2.06 bits per heavy atom. The zero-order valence-corrected chi connectivity index (χ0v) is 29.6. The topological polar surface area (TPSA) is 362 Å². The molecule has 50 heavy (non-hydrogen) atoms. The monoisotopic (exact) mass is 739 g/mol. The molecule has 3 aliphatic rings. The first-order valence-electron chi connectivity index (χ1n) is 15.3. The maximum absolute atomic E-state index is 12.4. The van der Waals surface area contributed by atoms with Crippen molar-refractivity contribution in [1.82, 2.24) is 10.6 Å². The maximum atomic E-state index is 12.4. The number of rotatable bonds is 15. The van der Waals surface area contributed by atoms with Crippen LogP contribution in [0.2, 0.25) is 0 Å². The molecule has 0 radical (unpaired) electrons. The van der Waals surface area contributed by atoms with Crippen LogP contribution in [0.25, 0.3) is 0 Å². The molecule has 3 aliphatic heterocycles. The third-order valence-corrected chi connectivity index (χ3v) is 8.24. The average molecular weight is 740 g/mol. The maximum Gasteiger partial charge on any atom is 1.00 e. The average Bonchev–Trinajstić information content (AvgIpc) is 3.05. The minimum Gasteiger partial charge on any atom is -0.544 e. The molecule has 13 N–H and O–H groups in total. The normalized spacial score (nSPS) is 40.2. The second-order valence-corrected chi connectivity index (χ2v) is 11.9. The second-order valence-electron chi connectivity index (χ2n) is 11.9. The van der Waals surface area contributed by atoms with Crippen molar-refractivity contribution >= 4 is 17.8 Å². The van der Waals surface area contributed by atoms with Crippen LogP contribution < -0.4 is 51.0 Å². The molecule has 3 heterocycles. The van der Waals surface area contributed by atoms with Crippen LogP contribution in [0.15, 0.2) is 0 Å². The number of aliphatic carboxylic acids is 1. The van der Waals surface area contributed by atoms with Crippen LogP contribution in [0.1, 0.15) is 20.3 Å². The number of nitrogens with two attached hydrogens (primary N) is 1. The van der Waals surface area contributed by atoms with Gasteiger partial charge >= 0.3 is 29.6 Å². The smallest absolute Gasteiger partial charge is 0.544 e. The largest absolute Gasteiger partial charge is 1.00 e. The summed E-state index contributed by atoms with van der Waals surface area (Å²) in [5, 5.41) is 111. The first kappa shape index (κ1) is 44.9. The quantitative estimate of drug-likeness (QED) is 0.0694. The van der Waals surface area contributed by atoms with Crippen molar-refractivity contribution in [3.63, 3.8) is 0 Å². The minimum absolute atomic E-state index is 0. The Kier molecular flexibility index (Phi) is 17.7. The van der Waals surface area contributed by atoms with E-state index in [0.717, 1.165) is 13.8 Å². The fourth-order valence-electron chi connectivity index (χ4n) is 5.76. The molecule has 0 aromatic rings. The van der Waals surface area contributed by atoms with Crippen LogP contribution >= 0.6 is 0 Å². The van der Waals surface area contributed by atoms with Gasteiger partial charge in [0.2, 0.25) is 17.6 Å². The number of hydrogen-bond acceptors (Lipinski definition) is 20. The van der Waals surface area contributed by atoms with Gasteiger partial charge in [0.1, 0.15) is 73.1 Å². The van der Waals surface area contributed by atoms with Crippen LogP contribution in [0.3, 0.4) is 0 Å². The minimum atomic E-state index is -2.95.